The predicted molar refractivity (Wildman–Crippen MR) is 67.1 cm³/mol. The van der Waals surface area contributed by atoms with Crippen LogP contribution >= 0.6 is 11.5 Å². The molecule has 0 aromatic carbocycles. The third-order valence-corrected chi connectivity index (χ3v) is 3.24. The molecule has 0 bridgehead atoms. The maximum absolute atomic E-state index is 11.7. The number of carboxylic acid groups (broad SMARTS) is 1. The number of aromatic carboxylic acids is 1. The van der Waals surface area contributed by atoms with Gasteiger partial charge in [0.05, 0.1) is 12.3 Å². The zero-order valence-electron chi connectivity index (χ0n) is 10.2. The minimum atomic E-state index is -1.10. The lowest BCUT2D eigenvalue weighted by Gasteiger charge is -2.15. The van der Waals surface area contributed by atoms with Crippen molar-refractivity contribution in [3.63, 3.8) is 0 Å². The topological polar surface area (TPSA) is 106 Å². The Balaban J connectivity index is 2.80. The number of carboxylic acids is 1. The van der Waals surface area contributed by atoms with Crippen LogP contribution in [0.15, 0.2) is 0 Å². The Morgan fingerprint density at radius 2 is 2.22 bits per heavy atom. The summed E-state index contributed by atoms with van der Waals surface area (Å²) >= 11 is 0.974. The van der Waals surface area contributed by atoms with Gasteiger partial charge in [-0.15, -0.1) is 0 Å². The molecule has 0 saturated heterocycles. The van der Waals surface area contributed by atoms with Gasteiger partial charge in [0, 0.05) is 13.6 Å². The second kappa shape index (κ2) is 6.43. The maximum Gasteiger partial charge on any atom is 0.340 e. The Hall–Kier alpha value is -1.51. The lowest BCUT2D eigenvalue weighted by atomic mass is 10.2. The fourth-order valence-electron chi connectivity index (χ4n) is 1.29. The Kier molecular flexibility index (Phi) is 5.20. The van der Waals surface area contributed by atoms with Gasteiger partial charge < -0.3 is 20.5 Å². The summed E-state index contributed by atoms with van der Waals surface area (Å²) in [6.07, 6.45) is 0. The van der Waals surface area contributed by atoms with Crippen LogP contribution in [0.3, 0.4) is 0 Å². The van der Waals surface area contributed by atoms with Gasteiger partial charge >= 0.3 is 5.97 Å². The number of carbonyl (C=O) groups is 2. The Bertz CT molecular complexity index is 446. The molecule has 0 fully saturated rings. The molecule has 0 aliphatic rings. The van der Waals surface area contributed by atoms with E-state index in [1.807, 2.05) is 0 Å². The molecule has 7 nitrogen and oxygen atoms in total. The third kappa shape index (κ3) is 3.25. The lowest BCUT2D eigenvalue weighted by molar-refractivity contribution is -0.122. The molecule has 3 N–H and O–H groups in total. The monoisotopic (exact) mass is 273 g/mol. The van der Waals surface area contributed by atoms with Crippen molar-refractivity contribution in [2.75, 3.05) is 31.7 Å². The SMILES string of the molecule is Cc1nsc(N(C)C(=O)COCCN)c1C(=O)O. The van der Waals surface area contributed by atoms with Crippen LogP contribution in [0.2, 0.25) is 0 Å². The summed E-state index contributed by atoms with van der Waals surface area (Å²) in [5.74, 6) is -1.44. The summed E-state index contributed by atoms with van der Waals surface area (Å²) in [6, 6.07) is 0. The van der Waals surface area contributed by atoms with E-state index < -0.39 is 5.97 Å². The van der Waals surface area contributed by atoms with Crippen molar-refractivity contribution in [1.82, 2.24) is 4.37 Å². The maximum atomic E-state index is 11.7. The zero-order valence-corrected chi connectivity index (χ0v) is 11.0. The highest BCUT2D eigenvalue weighted by atomic mass is 32.1. The van der Waals surface area contributed by atoms with E-state index in [0.29, 0.717) is 17.2 Å². The molecule has 0 unspecified atom stereocenters. The number of amides is 1. The molecule has 0 atom stereocenters. The summed E-state index contributed by atoms with van der Waals surface area (Å²) in [5, 5.41) is 9.37. The molecule has 1 aromatic heterocycles. The van der Waals surface area contributed by atoms with Gasteiger partial charge in [0.15, 0.2) is 0 Å². The first kappa shape index (κ1) is 14.6. The highest BCUT2D eigenvalue weighted by Crippen LogP contribution is 2.27. The number of aromatic nitrogens is 1. The van der Waals surface area contributed by atoms with Gasteiger partial charge in [-0.1, -0.05) is 0 Å². The van der Waals surface area contributed by atoms with Gasteiger partial charge in [-0.25, -0.2) is 4.79 Å². The number of nitrogens with two attached hydrogens (primary N) is 1. The Morgan fingerprint density at radius 3 is 2.78 bits per heavy atom. The van der Waals surface area contributed by atoms with Crippen LogP contribution in [0, 0.1) is 6.92 Å². The predicted octanol–water partition coefficient (Wildman–Crippen LogP) is 0.0878. The molecular weight excluding hydrogens is 258 g/mol. The quantitative estimate of drug-likeness (QED) is 0.711. The number of carbonyl (C=O) groups excluding carboxylic acids is 1. The van der Waals surface area contributed by atoms with Crippen molar-refractivity contribution in [2.45, 2.75) is 6.92 Å². The standard InChI is InChI=1S/C10H15N3O4S/c1-6-8(10(15)16)9(18-12-6)13(2)7(14)5-17-4-3-11/h3-5,11H2,1-2H3,(H,15,16). The summed E-state index contributed by atoms with van der Waals surface area (Å²) in [6.45, 7) is 2.07. The highest BCUT2D eigenvalue weighted by Gasteiger charge is 2.23. The largest absolute Gasteiger partial charge is 0.478 e. The van der Waals surface area contributed by atoms with Gasteiger partial charge in [0.25, 0.3) is 5.91 Å². The van der Waals surface area contributed by atoms with Crippen molar-refractivity contribution in [1.29, 1.82) is 0 Å². The summed E-state index contributed by atoms with van der Waals surface area (Å²) < 4.78 is 8.96. The molecule has 1 amide bonds. The molecule has 0 aliphatic carbocycles. The second-order valence-electron chi connectivity index (χ2n) is 3.55. The third-order valence-electron chi connectivity index (χ3n) is 2.23. The van der Waals surface area contributed by atoms with Gasteiger partial charge in [-0.05, 0) is 18.5 Å². The van der Waals surface area contributed by atoms with E-state index in [0.717, 1.165) is 11.5 Å². The van der Waals surface area contributed by atoms with E-state index in [-0.39, 0.29) is 24.7 Å². The molecule has 100 valence electrons. The Morgan fingerprint density at radius 1 is 1.56 bits per heavy atom. The number of rotatable bonds is 6. The highest BCUT2D eigenvalue weighted by molar-refractivity contribution is 7.11. The van der Waals surface area contributed by atoms with Crippen molar-refractivity contribution >= 4 is 28.4 Å². The van der Waals surface area contributed by atoms with Gasteiger partial charge in [-0.3, -0.25) is 4.79 Å². The smallest absolute Gasteiger partial charge is 0.340 e. The summed E-state index contributed by atoms with van der Waals surface area (Å²) in [5.41, 5.74) is 5.68. The minimum absolute atomic E-state index is 0.0506. The number of ether oxygens (including phenoxy) is 1. The van der Waals surface area contributed by atoms with Gasteiger partial charge in [0.2, 0.25) is 0 Å². The first-order valence-corrected chi connectivity index (χ1v) is 6.00. The van der Waals surface area contributed by atoms with Crippen LogP contribution < -0.4 is 10.6 Å². The van der Waals surface area contributed by atoms with Crippen LogP contribution in [0.1, 0.15) is 16.1 Å². The van der Waals surface area contributed by atoms with Crippen molar-refractivity contribution < 1.29 is 19.4 Å². The van der Waals surface area contributed by atoms with Gasteiger partial charge in [0.1, 0.15) is 17.2 Å². The Labute approximate surface area is 108 Å². The molecule has 0 spiro atoms. The second-order valence-corrected chi connectivity index (χ2v) is 4.30. The fourth-order valence-corrected chi connectivity index (χ4v) is 2.15. The van der Waals surface area contributed by atoms with Crippen molar-refractivity contribution in [3.05, 3.63) is 11.3 Å². The normalized spacial score (nSPS) is 10.4. The van der Waals surface area contributed by atoms with E-state index in [4.69, 9.17) is 15.6 Å². The van der Waals surface area contributed by atoms with Crippen LogP contribution in [0.25, 0.3) is 0 Å². The van der Waals surface area contributed by atoms with Crippen LogP contribution in [-0.2, 0) is 9.53 Å². The number of hydrogen-bond donors (Lipinski definition) is 2. The molecule has 1 aromatic rings. The lowest BCUT2D eigenvalue weighted by Crippen LogP contribution is -2.31. The number of anilines is 1. The molecule has 0 saturated carbocycles. The van der Waals surface area contributed by atoms with E-state index >= 15 is 0 Å². The van der Waals surface area contributed by atoms with Crippen LogP contribution in [0.5, 0.6) is 0 Å². The van der Waals surface area contributed by atoms with Crippen LogP contribution in [0.4, 0.5) is 5.00 Å². The van der Waals surface area contributed by atoms with E-state index in [2.05, 4.69) is 4.37 Å². The minimum Gasteiger partial charge on any atom is -0.478 e. The first-order chi connectivity index (χ1) is 8.49. The van der Waals surface area contributed by atoms with Gasteiger partial charge in [-0.2, -0.15) is 4.37 Å². The van der Waals surface area contributed by atoms with Crippen LogP contribution in [-0.4, -0.2) is 48.2 Å². The average molecular weight is 273 g/mol. The molecule has 1 rings (SSSR count). The van der Waals surface area contributed by atoms with E-state index in [9.17, 15) is 9.59 Å². The molecule has 0 radical (unpaired) electrons. The fraction of sp³-hybridized carbons (Fsp3) is 0.500. The van der Waals surface area contributed by atoms with E-state index in [1.165, 1.54) is 11.9 Å². The van der Waals surface area contributed by atoms with E-state index in [1.54, 1.807) is 6.92 Å². The number of aryl methyl sites for hydroxylation is 1. The zero-order chi connectivity index (χ0) is 13.7. The molecule has 8 heteroatoms. The average Bonchev–Trinajstić information content (AvgIpc) is 2.70. The number of likely N-dealkylation sites (N-methyl/N-ethyl adjacent to an activating group) is 1. The summed E-state index contributed by atoms with van der Waals surface area (Å²) in [7, 11) is 1.49. The first-order valence-electron chi connectivity index (χ1n) is 5.23. The number of nitrogens with zero attached hydrogens (tertiary/aromatic N) is 2. The van der Waals surface area contributed by atoms with Crippen molar-refractivity contribution in [2.24, 2.45) is 5.73 Å². The number of hydrogen-bond acceptors (Lipinski definition) is 6. The molecular formula is C10H15N3O4S. The molecule has 0 aliphatic heterocycles. The van der Waals surface area contributed by atoms with Crippen molar-refractivity contribution in [3.8, 4) is 0 Å². The molecule has 18 heavy (non-hydrogen) atoms. The summed E-state index contributed by atoms with van der Waals surface area (Å²) in [4.78, 5) is 24.1. The molecule has 1 heterocycles.